The number of carbonyl (C=O) groups is 1. The molecule has 2 aromatic carbocycles. The number of nitrogens with zero attached hydrogens (tertiary/aromatic N) is 1. The van der Waals surface area contributed by atoms with Gasteiger partial charge in [-0.3, -0.25) is 14.5 Å². The lowest BCUT2D eigenvalue weighted by atomic mass is 10.1. The molecule has 1 aliphatic rings. The maximum atomic E-state index is 12.6. The lowest BCUT2D eigenvalue weighted by Crippen LogP contribution is -2.39. The highest BCUT2D eigenvalue weighted by molar-refractivity contribution is 5.89. The van der Waals surface area contributed by atoms with Crippen LogP contribution in [0.5, 0.6) is 0 Å². The molecule has 1 fully saturated rings. The van der Waals surface area contributed by atoms with Gasteiger partial charge in [-0.05, 0) is 60.7 Å². The van der Waals surface area contributed by atoms with Crippen molar-refractivity contribution in [3.05, 3.63) is 70.5 Å². The third-order valence-electron chi connectivity index (χ3n) is 5.81. The number of amides is 1. The lowest BCUT2D eigenvalue weighted by molar-refractivity contribution is -0.122. The quantitative estimate of drug-likeness (QED) is 0.503. The fourth-order valence-corrected chi connectivity index (χ4v) is 4.35. The number of aromatic nitrogens is 2. The molecule has 4 N–H and O–H groups in total. The van der Waals surface area contributed by atoms with Crippen molar-refractivity contribution in [2.24, 2.45) is 5.73 Å². The third-order valence-corrected chi connectivity index (χ3v) is 5.81. The Bertz CT molecular complexity index is 1290. The molecule has 0 unspecified atom stereocenters. The first-order chi connectivity index (χ1) is 14.1. The van der Waals surface area contributed by atoms with Crippen LogP contribution in [0, 0.1) is 0 Å². The standard InChI is InChI=1S/C23H22N4O2/c24-22(28)21-6-3-9-27(21)13-14-7-8-19-16(10-14)12-20(25-19)17-11-15-4-1-2-5-18(15)26-23(17)29/h1-2,4-5,7-8,10-12,21,25H,3,6,9,13H2,(H2,24,28)(H,26,29)/t21-/m1/s1. The van der Waals surface area contributed by atoms with Gasteiger partial charge in [-0.1, -0.05) is 24.3 Å². The van der Waals surface area contributed by atoms with Gasteiger partial charge in [0, 0.05) is 23.0 Å². The fourth-order valence-electron chi connectivity index (χ4n) is 4.35. The van der Waals surface area contributed by atoms with Gasteiger partial charge in [0.1, 0.15) is 0 Å². The van der Waals surface area contributed by atoms with Crippen molar-refractivity contribution in [2.45, 2.75) is 25.4 Å². The summed E-state index contributed by atoms with van der Waals surface area (Å²) in [6.07, 6.45) is 1.82. The van der Waals surface area contributed by atoms with Crippen LogP contribution in [0.4, 0.5) is 0 Å². The second-order valence-electron chi connectivity index (χ2n) is 7.73. The number of likely N-dealkylation sites (tertiary alicyclic amines) is 1. The van der Waals surface area contributed by atoms with Crippen LogP contribution in [-0.4, -0.2) is 33.4 Å². The number of pyridine rings is 1. The van der Waals surface area contributed by atoms with Gasteiger partial charge in [-0.25, -0.2) is 0 Å². The molecule has 1 aliphatic heterocycles. The predicted molar refractivity (Wildman–Crippen MR) is 114 cm³/mol. The highest BCUT2D eigenvalue weighted by Crippen LogP contribution is 2.26. The monoisotopic (exact) mass is 386 g/mol. The number of H-pyrrole nitrogens is 2. The van der Waals surface area contributed by atoms with E-state index in [0.29, 0.717) is 12.1 Å². The van der Waals surface area contributed by atoms with Crippen LogP contribution >= 0.6 is 0 Å². The zero-order chi connectivity index (χ0) is 20.0. The van der Waals surface area contributed by atoms with Crippen LogP contribution in [-0.2, 0) is 11.3 Å². The molecule has 6 heteroatoms. The molecule has 1 amide bonds. The molecule has 4 aromatic rings. The number of nitrogens with two attached hydrogens (primary N) is 1. The summed E-state index contributed by atoms with van der Waals surface area (Å²) in [6, 6.07) is 17.7. The highest BCUT2D eigenvalue weighted by atomic mass is 16.1. The van der Waals surface area contributed by atoms with Crippen LogP contribution in [0.2, 0.25) is 0 Å². The Kier molecular flexibility index (Phi) is 4.21. The number of fused-ring (bicyclic) bond motifs is 2. The molecule has 0 saturated carbocycles. The van der Waals surface area contributed by atoms with Gasteiger partial charge in [0.15, 0.2) is 0 Å². The van der Waals surface area contributed by atoms with E-state index >= 15 is 0 Å². The van der Waals surface area contributed by atoms with Crippen molar-refractivity contribution in [3.63, 3.8) is 0 Å². The summed E-state index contributed by atoms with van der Waals surface area (Å²) < 4.78 is 0. The summed E-state index contributed by atoms with van der Waals surface area (Å²) in [6.45, 7) is 1.58. The van der Waals surface area contributed by atoms with Crippen molar-refractivity contribution in [1.29, 1.82) is 0 Å². The number of nitrogens with one attached hydrogen (secondary N) is 2. The summed E-state index contributed by atoms with van der Waals surface area (Å²) >= 11 is 0. The minimum Gasteiger partial charge on any atom is -0.368 e. The third kappa shape index (κ3) is 3.21. The molecule has 146 valence electrons. The van der Waals surface area contributed by atoms with Crippen LogP contribution in [0.15, 0.2) is 59.4 Å². The summed E-state index contributed by atoms with van der Waals surface area (Å²) in [5, 5.41) is 2.04. The molecule has 0 radical (unpaired) electrons. The van der Waals surface area contributed by atoms with Gasteiger partial charge in [0.25, 0.3) is 5.56 Å². The summed E-state index contributed by atoms with van der Waals surface area (Å²) in [5.74, 6) is -0.247. The average Bonchev–Trinajstić information content (AvgIpc) is 3.34. The zero-order valence-electron chi connectivity index (χ0n) is 15.9. The van der Waals surface area contributed by atoms with Crippen molar-refractivity contribution in [1.82, 2.24) is 14.9 Å². The summed E-state index contributed by atoms with van der Waals surface area (Å²) in [4.78, 5) is 32.7. The van der Waals surface area contributed by atoms with E-state index in [0.717, 1.165) is 52.4 Å². The Hall–Kier alpha value is -3.38. The van der Waals surface area contributed by atoms with Crippen molar-refractivity contribution < 1.29 is 4.79 Å². The van der Waals surface area contributed by atoms with Gasteiger partial charge in [0.2, 0.25) is 5.91 Å². The minimum absolute atomic E-state index is 0.114. The molecule has 2 aromatic heterocycles. The predicted octanol–water partition coefficient (Wildman–Crippen LogP) is 3.13. The Morgan fingerprint density at radius 3 is 2.72 bits per heavy atom. The maximum absolute atomic E-state index is 12.6. The second-order valence-corrected chi connectivity index (χ2v) is 7.73. The number of primary amides is 1. The molecule has 0 aliphatic carbocycles. The number of rotatable bonds is 4. The first kappa shape index (κ1) is 17.7. The molecule has 3 heterocycles. The van der Waals surface area contributed by atoms with Crippen LogP contribution in [0.3, 0.4) is 0 Å². The van der Waals surface area contributed by atoms with Crippen LogP contribution in [0.1, 0.15) is 18.4 Å². The molecular formula is C23H22N4O2. The molecule has 0 spiro atoms. The van der Waals surface area contributed by atoms with Gasteiger partial charge in [-0.2, -0.15) is 0 Å². The van der Waals surface area contributed by atoms with E-state index in [-0.39, 0.29) is 17.5 Å². The van der Waals surface area contributed by atoms with E-state index < -0.39 is 0 Å². The van der Waals surface area contributed by atoms with E-state index in [1.54, 1.807) is 0 Å². The summed E-state index contributed by atoms with van der Waals surface area (Å²) in [5.41, 5.74) is 9.77. The van der Waals surface area contributed by atoms with E-state index in [1.165, 1.54) is 0 Å². The van der Waals surface area contributed by atoms with E-state index in [9.17, 15) is 9.59 Å². The zero-order valence-corrected chi connectivity index (χ0v) is 15.9. The van der Waals surface area contributed by atoms with Crippen LogP contribution < -0.4 is 11.3 Å². The highest BCUT2D eigenvalue weighted by Gasteiger charge is 2.28. The SMILES string of the molecule is NC(=O)[C@H]1CCCN1Cc1ccc2[nH]c(-c3cc4ccccc4[nH]c3=O)cc2c1. The molecule has 5 rings (SSSR count). The smallest absolute Gasteiger partial charge is 0.257 e. The minimum atomic E-state index is -0.247. The number of benzene rings is 2. The Labute approximate surface area is 167 Å². The summed E-state index contributed by atoms with van der Waals surface area (Å²) in [7, 11) is 0. The normalized spacial score (nSPS) is 17.3. The molecular weight excluding hydrogens is 364 g/mol. The molecule has 29 heavy (non-hydrogen) atoms. The van der Waals surface area contributed by atoms with Crippen molar-refractivity contribution in [2.75, 3.05) is 6.54 Å². The van der Waals surface area contributed by atoms with Gasteiger partial charge < -0.3 is 15.7 Å². The molecule has 6 nitrogen and oxygen atoms in total. The number of hydrogen-bond donors (Lipinski definition) is 3. The first-order valence-electron chi connectivity index (χ1n) is 9.86. The molecule has 0 bridgehead atoms. The Morgan fingerprint density at radius 2 is 1.86 bits per heavy atom. The first-order valence-corrected chi connectivity index (χ1v) is 9.86. The number of para-hydroxylation sites is 1. The number of aromatic amines is 2. The van der Waals surface area contributed by atoms with E-state index in [1.807, 2.05) is 42.5 Å². The van der Waals surface area contributed by atoms with Gasteiger partial charge in [0.05, 0.1) is 17.3 Å². The largest absolute Gasteiger partial charge is 0.368 e. The second kappa shape index (κ2) is 6.90. The van der Waals surface area contributed by atoms with E-state index in [2.05, 4.69) is 27.0 Å². The average molecular weight is 386 g/mol. The lowest BCUT2D eigenvalue weighted by Gasteiger charge is -2.21. The number of hydrogen-bond acceptors (Lipinski definition) is 3. The van der Waals surface area contributed by atoms with Crippen LogP contribution in [0.25, 0.3) is 33.1 Å². The topological polar surface area (TPSA) is 95.0 Å². The van der Waals surface area contributed by atoms with Crippen molar-refractivity contribution >= 4 is 27.7 Å². The molecule has 1 atom stereocenters. The van der Waals surface area contributed by atoms with Gasteiger partial charge in [-0.15, -0.1) is 0 Å². The van der Waals surface area contributed by atoms with Crippen molar-refractivity contribution in [3.8, 4) is 11.3 Å². The number of carbonyl (C=O) groups excluding carboxylic acids is 1. The Balaban J connectivity index is 1.49. The van der Waals surface area contributed by atoms with Gasteiger partial charge >= 0.3 is 0 Å². The maximum Gasteiger partial charge on any atom is 0.257 e. The molecule has 1 saturated heterocycles. The fraction of sp³-hybridized carbons (Fsp3) is 0.217. The van der Waals surface area contributed by atoms with E-state index in [4.69, 9.17) is 5.73 Å². The Morgan fingerprint density at radius 1 is 1.03 bits per heavy atom.